The number of carbonyl (C=O) groups excluding carboxylic acids is 1. The maximum absolute atomic E-state index is 12.4. The van der Waals surface area contributed by atoms with Crippen LogP contribution in [0.15, 0.2) is 54.6 Å². The van der Waals surface area contributed by atoms with Crippen molar-refractivity contribution in [1.82, 2.24) is 4.90 Å². The number of benzene rings is 2. The van der Waals surface area contributed by atoms with Crippen molar-refractivity contribution in [3.05, 3.63) is 60.2 Å². The molecule has 0 heterocycles. The summed E-state index contributed by atoms with van der Waals surface area (Å²) in [7, 11) is 0. The van der Waals surface area contributed by atoms with Gasteiger partial charge in [-0.1, -0.05) is 54.6 Å². The van der Waals surface area contributed by atoms with Crippen LogP contribution in [0.1, 0.15) is 19.4 Å². The topological polar surface area (TPSA) is 44.1 Å². The van der Waals surface area contributed by atoms with Gasteiger partial charge in [0.05, 0.1) is 18.4 Å². The number of amides is 1. The van der Waals surface area contributed by atoms with Crippen molar-refractivity contribution in [3.8, 4) is 17.2 Å². The highest BCUT2D eigenvalue weighted by molar-refractivity contribution is 5.79. The SMILES string of the molecule is CCN(CC(C)C#N)C(=O)Cc1ccc(-c2ccccc2)cc1. The van der Waals surface area contributed by atoms with Gasteiger partial charge in [0.25, 0.3) is 0 Å². The van der Waals surface area contributed by atoms with Crippen molar-refractivity contribution in [2.45, 2.75) is 20.3 Å². The van der Waals surface area contributed by atoms with E-state index in [2.05, 4.69) is 18.2 Å². The Hall–Kier alpha value is -2.60. The molecular weight excluding hydrogens is 284 g/mol. The highest BCUT2D eigenvalue weighted by atomic mass is 16.2. The Labute approximate surface area is 138 Å². The van der Waals surface area contributed by atoms with Crippen molar-refractivity contribution in [3.63, 3.8) is 0 Å². The van der Waals surface area contributed by atoms with E-state index < -0.39 is 0 Å². The van der Waals surface area contributed by atoms with Crippen molar-refractivity contribution in [2.24, 2.45) is 5.92 Å². The van der Waals surface area contributed by atoms with E-state index in [1.165, 1.54) is 5.56 Å². The second-order valence-corrected chi connectivity index (χ2v) is 5.70. The summed E-state index contributed by atoms with van der Waals surface area (Å²) in [5.41, 5.74) is 3.31. The lowest BCUT2D eigenvalue weighted by atomic mass is 10.0. The number of nitriles is 1. The van der Waals surface area contributed by atoms with Gasteiger partial charge in [-0.15, -0.1) is 0 Å². The first kappa shape index (κ1) is 16.8. The molecule has 0 fully saturated rings. The average molecular weight is 306 g/mol. The summed E-state index contributed by atoms with van der Waals surface area (Å²) in [6.45, 7) is 4.91. The third-order valence-electron chi connectivity index (χ3n) is 3.87. The zero-order valence-corrected chi connectivity index (χ0v) is 13.7. The third-order valence-corrected chi connectivity index (χ3v) is 3.87. The van der Waals surface area contributed by atoms with Crippen molar-refractivity contribution in [2.75, 3.05) is 13.1 Å². The number of carbonyl (C=O) groups is 1. The lowest BCUT2D eigenvalue weighted by molar-refractivity contribution is -0.130. The molecular formula is C20H22N2O. The summed E-state index contributed by atoms with van der Waals surface area (Å²) in [6.07, 6.45) is 0.376. The molecule has 0 aliphatic carbocycles. The fourth-order valence-electron chi connectivity index (χ4n) is 2.51. The first-order valence-corrected chi connectivity index (χ1v) is 7.95. The molecule has 3 nitrogen and oxygen atoms in total. The molecule has 23 heavy (non-hydrogen) atoms. The van der Waals surface area contributed by atoms with E-state index in [1.807, 2.05) is 56.3 Å². The number of likely N-dealkylation sites (N-methyl/N-ethyl adjacent to an activating group) is 1. The minimum absolute atomic E-state index is 0.0714. The molecule has 0 spiro atoms. The Bertz CT molecular complexity index is 671. The van der Waals surface area contributed by atoms with Gasteiger partial charge >= 0.3 is 0 Å². The van der Waals surface area contributed by atoms with Gasteiger partial charge in [-0.3, -0.25) is 4.79 Å². The predicted molar refractivity (Wildman–Crippen MR) is 92.6 cm³/mol. The van der Waals surface area contributed by atoms with Crippen LogP contribution >= 0.6 is 0 Å². The fraction of sp³-hybridized carbons (Fsp3) is 0.300. The highest BCUT2D eigenvalue weighted by Crippen LogP contribution is 2.19. The molecule has 0 saturated carbocycles. The first-order chi connectivity index (χ1) is 11.1. The molecule has 1 atom stereocenters. The summed E-state index contributed by atoms with van der Waals surface area (Å²) < 4.78 is 0. The Morgan fingerprint density at radius 2 is 1.70 bits per heavy atom. The minimum Gasteiger partial charge on any atom is -0.341 e. The van der Waals surface area contributed by atoms with Crippen molar-refractivity contribution < 1.29 is 4.79 Å². The van der Waals surface area contributed by atoms with Gasteiger partial charge in [0.15, 0.2) is 0 Å². The van der Waals surface area contributed by atoms with Gasteiger partial charge in [-0.2, -0.15) is 5.26 Å². The first-order valence-electron chi connectivity index (χ1n) is 7.95. The van der Waals surface area contributed by atoms with Gasteiger partial charge in [0, 0.05) is 13.1 Å². The van der Waals surface area contributed by atoms with E-state index in [0.717, 1.165) is 11.1 Å². The standard InChI is InChI=1S/C20H22N2O/c1-3-22(15-16(2)14-21)20(23)13-17-9-11-19(12-10-17)18-7-5-4-6-8-18/h4-12,16H,3,13,15H2,1-2H3. The summed E-state index contributed by atoms with van der Waals surface area (Å²) in [5, 5.41) is 8.90. The molecule has 118 valence electrons. The van der Waals surface area contributed by atoms with Crippen LogP contribution in [0.25, 0.3) is 11.1 Å². The van der Waals surface area contributed by atoms with E-state index in [4.69, 9.17) is 5.26 Å². The lowest BCUT2D eigenvalue weighted by Crippen LogP contribution is -2.35. The molecule has 3 heteroatoms. The van der Waals surface area contributed by atoms with Crippen LogP contribution < -0.4 is 0 Å². The normalized spacial score (nSPS) is 11.5. The smallest absolute Gasteiger partial charge is 0.227 e. The molecule has 0 bridgehead atoms. The molecule has 1 amide bonds. The molecule has 0 saturated heterocycles. The highest BCUT2D eigenvalue weighted by Gasteiger charge is 2.15. The lowest BCUT2D eigenvalue weighted by Gasteiger charge is -2.22. The predicted octanol–water partition coefficient (Wildman–Crippen LogP) is 3.90. The van der Waals surface area contributed by atoms with E-state index in [9.17, 15) is 4.79 Å². The average Bonchev–Trinajstić information content (AvgIpc) is 2.60. The van der Waals surface area contributed by atoms with Crippen LogP contribution in [-0.2, 0) is 11.2 Å². The molecule has 2 rings (SSSR count). The maximum Gasteiger partial charge on any atom is 0.227 e. The van der Waals surface area contributed by atoms with Gasteiger partial charge in [0.1, 0.15) is 0 Å². The van der Waals surface area contributed by atoms with E-state index in [-0.39, 0.29) is 11.8 Å². The molecule has 0 aliphatic rings. The third kappa shape index (κ3) is 4.69. The zero-order chi connectivity index (χ0) is 16.7. The van der Waals surface area contributed by atoms with Crippen LogP contribution in [0.5, 0.6) is 0 Å². The minimum atomic E-state index is -0.139. The summed E-state index contributed by atoms with van der Waals surface area (Å²) in [6, 6.07) is 20.5. The van der Waals surface area contributed by atoms with Gasteiger partial charge in [-0.25, -0.2) is 0 Å². The Morgan fingerprint density at radius 3 is 2.26 bits per heavy atom. The monoisotopic (exact) mass is 306 g/mol. The zero-order valence-electron chi connectivity index (χ0n) is 13.7. The van der Waals surface area contributed by atoms with Crippen molar-refractivity contribution >= 4 is 5.91 Å². The van der Waals surface area contributed by atoms with Crippen LogP contribution in [0.4, 0.5) is 0 Å². The molecule has 0 N–H and O–H groups in total. The molecule has 0 radical (unpaired) electrons. The van der Waals surface area contributed by atoms with E-state index in [0.29, 0.717) is 19.5 Å². The fourth-order valence-corrected chi connectivity index (χ4v) is 2.51. The molecule has 0 aromatic heterocycles. The second kappa shape index (κ2) is 8.14. The van der Waals surface area contributed by atoms with Crippen LogP contribution in [-0.4, -0.2) is 23.9 Å². The van der Waals surface area contributed by atoms with Crippen LogP contribution in [0.2, 0.25) is 0 Å². The Kier molecular flexibility index (Phi) is 5.94. The summed E-state index contributed by atoms with van der Waals surface area (Å²) >= 11 is 0. The number of nitrogens with zero attached hydrogens (tertiary/aromatic N) is 2. The largest absolute Gasteiger partial charge is 0.341 e. The summed E-state index contributed by atoms with van der Waals surface area (Å²) in [4.78, 5) is 14.1. The van der Waals surface area contributed by atoms with E-state index in [1.54, 1.807) is 4.90 Å². The Morgan fingerprint density at radius 1 is 1.09 bits per heavy atom. The van der Waals surface area contributed by atoms with Crippen LogP contribution in [0.3, 0.4) is 0 Å². The number of hydrogen-bond donors (Lipinski definition) is 0. The summed E-state index contributed by atoms with van der Waals surface area (Å²) in [5.74, 6) is -0.0681. The molecule has 2 aromatic carbocycles. The molecule has 2 aromatic rings. The maximum atomic E-state index is 12.4. The van der Waals surface area contributed by atoms with Crippen LogP contribution in [0, 0.1) is 17.2 Å². The quantitative estimate of drug-likeness (QED) is 0.812. The van der Waals surface area contributed by atoms with Gasteiger partial charge in [-0.05, 0) is 30.5 Å². The molecule has 0 aliphatic heterocycles. The van der Waals surface area contributed by atoms with Gasteiger partial charge in [0.2, 0.25) is 5.91 Å². The van der Waals surface area contributed by atoms with Gasteiger partial charge < -0.3 is 4.90 Å². The second-order valence-electron chi connectivity index (χ2n) is 5.70. The van der Waals surface area contributed by atoms with Crippen molar-refractivity contribution in [1.29, 1.82) is 5.26 Å². The number of rotatable bonds is 6. The number of hydrogen-bond acceptors (Lipinski definition) is 2. The Balaban J connectivity index is 2.03. The van der Waals surface area contributed by atoms with E-state index >= 15 is 0 Å². The molecule has 1 unspecified atom stereocenters.